The lowest BCUT2D eigenvalue weighted by molar-refractivity contribution is -0.118. The Balaban J connectivity index is 1.46. The molecule has 1 aliphatic heterocycles. The fourth-order valence-corrected chi connectivity index (χ4v) is 3.97. The number of rotatable bonds is 8. The summed E-state index contributed by atoms with van der Waals surface area (Å²) >= 11 is 1.04. The molecule has 3 atom stereocenters. The molecule has 6 nitrogen and oxygen atoms in total. The summed E-state index contributed by atoms with van der Waals surface area (Å²) in [6.45, 7) is 2.48. The van der Waals surface area contributed by atoms with Gasteiger partial charge in [0.15, 0.2) is 0 Å². The van der Waals surface area contributed by atoms with Crippen molar-refractivity contribution in [3.05, 3.63) is 65.2 Å². The second-order valence-electron chi connectivity index (χ2n) is 7.02. The third kappa shape index (κ3) is 5.58. The molecule has 0 aromatic heterocycles. The number of benzene rings is 2. The van der Waals surface area contributed by atoms with Gasteiger partial charge in [0, 0.05) is 12.6 Å². The molecule has 2 aromatic rings. The molecule has 148 valence electrons. The standard InChI is InChI=1S/C21H24N2O4S/c1-13(22-12-18(25)16-6-8-17(24)9-7-16)10-14-2-4-15(5-3-14)11-19-20(26)23-21(27)28-19/h2-9,13,18-19,22,24-25H,10-12H2,1H3,(H,23,26,27). The van der Waals surface area contributed by atoms with E-state index in [0.29, 0.717) is 13.0 Å². The number of hydrogen-bond donors (Lipinski definition) is 4. The number of hydrogen-bond acceptors (Lipinski definition) is 6. The number of phenolic OH excluding ortho intramolecular Hbond substituents is 1. The fourth-order valence-electron chi connectivity index (χ4n) is 3.11. The fraction of sp³-hybridized carbons (Fsp3) is 0.333. The SMILES string of the molecule is CC(Cc1ccc(CC2SC(=O)NC2=O)cc1)NCC(O)c1ccc(O)cc1. The summed E-state index contributed by atoms with van der Waals surface area (Å²) in [6.07, 6.45) is 0.706. The molecule has 4 N–H and O–H groups in total. The lowest BCUT2D eigenvalue weighted by atomic mass is 10.0. The van der Waals surface area contributed by atoms with E-state index in [1.54, 1.807) is 24.3 Å². The molecular formula is C21H24N2O4S. The second-order valence-corrected chi connectivity index (χ2v) is 8.20. The van der Waals surface area contributed by atoms with Crippen molar-refractivity contribution in [3.63, 3.8) is 0 Å². The monoisotopic (exact) mass is 400 g/mol. The van der Waals surface area contributed by atoms with Gasteiger partial charge in [-0.1, -0.05) is 48.2 Å². The summed E-state index contributed by atoms with van der Waals surface area (Å²) < 4.78 is 0. The van der Waals surface area contributed by atoms with Crippen molar-refractivity contribution in [2.75, 3.05) is 6.54 Å². The maximum atomic E-state index is 11.7. The Hall–Kier alpha value is -2.35. The van der Waals surface area contributed by atoms with Gasteiger partial charge in [-0.2, -0.15) is 0 Å². The number of carbonyl (C=O) groups is 2. The molecule has 1 fully saturated rings. The highest BCUT2D eigenvalue weighted by Crippen LogP contribution is 2.23. The van der Waals surface area contributed by atoms with Crippen LogP contribution >= 0.6 is 11.8 Å². The van der Waals surface area contributed by atoms with E-state index in [9.17, 15) is 19.8 Å². The van der Waals surface area contributed by atoms with E-state index in [0.717, 1.165) is 34.9 Å². The van der Waals surface area contributed by atoms with Crippen LogP contribution in [0.15, 0.2) is 48.5 Å². The zero-order valence-electron chi connectivity index (χ0n) is 15.6. The van der Waals surface area contributed by atoms with Crippen molar-refractivity contribution >= 4 is 22.9 Å². The second kappa shape index (κ2) is 9.23. The lowest BCUT2D eigenvalue weighted by Gasteiger charge is -2.18. The molecule has 0 radical (unpaired) electrons. The number of nitrogens with one attached hydrogen (secondary N) is 2. The first-order valence-corrected chi connectivity index (χ1v) is 10.1. The predicted octanol–water partition coefficient (Wildman–Crippen LogP) is 2.54. The van der Waals surface area contributed by atoms with Gasteiger partial charge in [0.2, 0.25) is 5.91 Å². The summed E-state index contributed by atoms with van der Waals surface area (Å²) in [5.41, 5.74) is 2.94. The van der Waals surface area contributed by atoms with Crippen LogP contribution in [0.1, 0.15) is 29.7 Å². The molecule has 0 aliphatic carbocycles. The zero-order valence-corrected chi connectivity index (χ0v) is 16.4. The Bertz CT molecular complexity index is 823. The minimum Gasteiger partial charge on any atom is -0.508 e. The number of thioether (sulfide) groups is 1. The number of imide groups is 1. The van der Waals surface area contributed by atoms with E-state index in [1.807, 2.05) is 24.3 Å². The highest BCUT2D eigenvalue weighted by molar-refractivity contribution is 8.15. The van der Waals surface area contributed by atoms with E-state index in [-0.39, 0.29) is 28.2 Å². The van der Waals surface area contributed by atoms with Crippen LogP contribution < -0.4 is 10.6 Å². The first kappa shape index (κ1) is 20.4. The lowest BCUT2D eigenvalue weighted by Crippen LogP contribution is -2.32. The molecule has 0 saturated carbocycles. The molecular weight excluding hydrogens is 376 g/mol. The van der Waals surface area contributed by atoms with Crippen LogP contribution in [-0.2, 0) is 17.6 Å². The molecule has 1 aliphatic rings. The number of aromatic hydroxyl groups is 1. The molecule has 2 aromatic carbocycles. The summed E-state index contributed by atoms with van der Waals surface area (Å²) in [4.78, 5) is 22.9. The number of phenols is 1. The van der Waals surface area contributed by atoms with Crippen LogP contribution in [0.5, 0.6) is 5.75 Å². The van der Waals surface area contributed by atoms with Crippen LogP contribution in [0, 0.1) is 0 Å². The van der Waals surface area contributed by atoms with E-state index in [1.165, 1.54) is 0 Å². The molecule has 1 saturated heterocycles. The van der Waals surface area contributed by atoms with Gasteiger partial charge in [-0.25, -0.2) is 0 Å². The van der Waals surface area contributed by atoms with Gasteiger partial charge in [-0.3, -0.25) is 14.9 Å². The van der Waals surface area contributed by atoms with Gasteiger partial charge in [0.25, 0.3) is 5.24 Å². The summed E-state index contributed by atoms with van der Waals surface area (Å²) in [5.74, 6) is -0.0384. The summed E-state index contributed by atoms with van der Waals surface area (Å²) in [5, 5.41) is 24.6. The Morgan fingerprint density at radius 1 is 1.07 bits per heavy atom. The Kier molecular flexibility index (Phi) is 6.72. The van der Waals surface area contributed by atoms with Crippen LogP contribution in [0.2, 0.25) is 0 Å². The normalized spacial score (nSPS) is 18.7. The van der Waals surface area contributed by atoms with Crippen molar-refractivity contribution in [1.82, 2.24) is 10.6 Å². The minimum absolute atomic E-state index is 0.173. The average molecular weight is 401 g/mol. The third-order valence-corrected chi connectivity index (χ3v) is 5.67. The first-order valence-electron chi connectivity index (χ1n) is 9.20. The maximum Gasteiger partial charge on any atom is 0.286 e. The smallest absolute Gasteiger partial charge is 0.286 e. The van der Waals surface area contributed by atoms with Crippen molar-refractivity contribution in [1.29, 1.82) is 0 Å². The highest BCUT2D eigenvalue weighted by Gasteiger charge is 2.31. The molecule has 0 spiro atoms. The van der Waals surface area contributed by atoms with Gasteiger partial charge >= 0.3 is 0 Å². The minimum atomic E-state index is -0.636. The first-order chi connectivity index (χ1) is 13.4. The summed E-state index contributed by atoms with van der Waals surface area (Å²) in [6, 6.07) is 14.8. The Morgan fingerprint density at radius 3 is 2.32 bits per heavy atom. The van der Waals surface area contributed by atoms with Crippen molar-refractivity contribution in [2.24, 2.45) is 0 Å². The van der Waals surface area contributed by atoms with Crippen LogP contribution in [0.25, 0.3) is 0 Å². The molecule has 7 heteroatoms. The largest absolute Gasteiger partial charge is 0.508 e. The Morgan fingerprint density at radius 2 is 1.71 bits per heavy atom. The van der Waals surface area contributed by atoms with Crippen LogP contribution in [0.4, 0.5) is 4.79 Å². The van der Waals surface area contributed by atoms with Crippen LogP contribution in [-0.4, -0.2) is 39.2 Å². The van der Waals surface area contributed by atoms with Gasteiger partial charge in [0.05, 0.1) is 11.4 Å². The number of amides is 2. The van der Waals surface area contributed by atoms with Gasteiger partial charge < -0.3 is 15.5 Å². The van der Waals surface area contributed by atoms with Crippen LogP contribution in [0.3, 0.4) is 0 Å². The molecule has 3 rings (SSSR count). The van der Waals surface area contributed by atoms with Gasteiger partial charge in [-0.15, -0.1) is 0 Å². The highest BCUT2D eigenvalue weighted by atomic mass is 32.2. The molecule has 28 heavy (non-hydrogen) atoms. The van der Waals surface area contributed by atoms with E-state index < -0.39 is 6.10 Å². The molecule has 3 unspecified atom stereocenters. The van der Waals surface area contributed by atoms with E-state index >= 15 is 0 Å². The quantitative estimate of drug-likeness (QED) is 0.544. The number of carbonyl (C=O) groups excluding carboxylic acids is 2. The van der Waals surface area contributed by atoms with Gasteiger partial charge in [-0.05, 0) is 48.6 Å². The number of aliphatic hydroxyl groups is 1. The summed E-state index contributed by atoms with van der Waals surface area (Å²) in [7, 11) is 0. The molecule has 1 heterocycles. The Labute approximate surface area is 168 Å². The molecule has 0 bridgehead atoms. The molecule has 2 amide bonds. The van der Waals surface area contributed by atoms with Crippen molar-refractivity contribution in [2.45, 2.75) is 37.2 Å². The van der Waals surface area contributed by atoms with Crippen molar-refractivity contribution in [3.8, 4) is 5.75 Å². The number of aliphatic hydroxyl groups excluding tert-OH is 1. The third-order valence-electron chi connectivity index (χ3n) is 4.69. The topological polar surface area (TPSA) is 98.7 Å². The average Bonchev–Trinajstić information content (AvgIpc) is 2.99. The maximum absolute atomic E-state index is 11.7. The van der Waals surface area contributed by atoms with Crippen molar-refractivity contribution < 1.29 is 19.8 Å². The van der Waals surface area contributed by atoms with E-state index in [4.69, 9.17) is 0 Å². The van der Waals surface area contributed by atoms with Gasteiger partial charge in [0.1, 0.15) is 5.75 Å². The zero-order chi connectivity index (χ0) is 20.1. The van der Waals surface area contributed by atoms with E-state index in [2.05, 4.69) is 17.6 Å². The predicted molar refractivity (Wildman–Crippen MR) is 109 cm³/mol.